The van der Waals surface area contributed by atoms with E-state index in [1.54, 1.807) is 18.2 Å². The van der Waals surface area contributed by atoms with Crippen molar-refractivity contribution in [1.82, 2.24) is 10.9 Å². The van der Waals surface area contributed by atoms with E-state index in [2.05, 4.69) is 26.8 Å². The highest BCUT2D eigenvalue weighted by atomic mass is 79.9. The number of rotatable bonds is 4. The van der Waals surface area contributed by atoms with Crippen LogP contribution >= 0.6 is 15.9 Å². The monoisotopic (exact) mass is 376 g/mol. The maximum absolute atomic E-state index is 11.9. The van der Waals surface area contributed by atoms with Gasteiger partial charge in [0.25, 0.3) is 11.8 Å². The van der Waals surface area contributed by atoms with Crippen molar-refractivity contribution in [2.45, 2.75) is 13.8 Å². The van der Waals surface area contributed by atoms with Crippen LogP contribution in [0.1, 0.15) is 21.5 Å². The molecule has 0 aliphatic rings. The van der Waals surface area contributed by atoms with Gasteiger partial charge in [-0.2, -0.15) is 0 Å². The Morgan fingerprint density at radius 3 is 2.57 bits per heavy atom. The molecule has 0 saturated carbocycles. The van der Waals surface area contributed by atoms with Crippen molar-refractivity contribution in [1.29, 1.82) is 0 Å². The van der Waals surface area contributed by atoms with Crippen LogP contribution < -0.4 is 15.6 Å². The number of carbonyl (C=O) groups is 2. The number of ether oxygens (including phenoxy) is 1. The third kappa shape index (κ3) is 5.10. The molecule has 0 saturated heterocycles. The number of halogens is 1. The number of hydrazine groups is 1. The first-order valence-electron chi connectivity index (χ1n) is 7.00. The summed E-state index contributed by atoms with van der Waals surface area (Å²) < 4.78 is 6.23. The van der Waals surface area contributed by atoms with Gasteiger partial charge in [0, 0.05) is 10.0 Å². The van der Waals surface area contributed by atoms with Gasteiger partial charge in [-0.05, 0) is 43.7 Å². The highest BCUT2D eigenvalue weighted by Crippen LogP contribution is 2.18. The lowest BCUT2D eigenvalue weighted by atomic mass is 10.1. The first kappa shape index (κ1) is 17.0. The lowest BCUT2D eigenvalue weighted by Gasteiger charge is -2.11. The molecule has 0 bridgehead atoms. The molecule has 6 heteroatoms. The van der Waals surface area contributed by atoms with Gasteiger partial charge in [0.2, 0.25) is 0 Å². The van der Waals surface area contributed by atoms with Gasteiger partial charge < -0.3 is 4.74 Å². The molecule has 2 aromatic carbocycles. The molecule has 0 unspecified atom stereocenters. The summed E-state index contributed by atoms with van der Waals surface area (Å²) in [5.74, 6) is -0.191. The van der Waals surface area contributed by atoms with Gasteiger partial charge in [-0.3, -0.25) is 20.4 Å². The van der Waals surface area contributed by atoms with E-state index in [0.717, 1.165) is 15.6 Å². The first-order valence-corrected chi connectivity index (χ1v) is 7.80. The molecule has 23 heavy (non-hydrogen) atoms. The Labute approximate surface area is 143 Å². The molecule has 0 heterocycles. The molecule has 2 rings (SSSR count). The molecular formula is C17H17BrN2O3. The van der Waals surface area contributed by atoms with E-state index in [1.807, 2.05) is 38.1 Å². The maximum Gasteiger partial charge on any atom is 0.276 e. The topological polar surface area (TPSA) is 67.4 Å². The van der Waals surface area contributed by atoms with Gasteiger partial charge in [0.05, 0.1) is 0 Å². The number of benzene rings is 2. The van der Waals surface area contributed by atoms with Crippen molar-refractivity contribution in [3.05, 3.63) is 63.6 Å². The van der Waals surface area contributed by atoms with Gasteiger partial charge in [-0.1, -0.05) is 39.7 Å². The van der Waals surface area contributed by atoms with Crippen LogP contribution in [0.15, 0.2) is 46.9 Å². The van der Waals surface area contributed by atoms with Crippen molar-refractivity contribution in [2.75, 3.05) is 6.61 Å². The van der Waals surface area contributed by atoms with Crippen LogP contribution in [0.2, 0.25) is 0 Å². The molecule has 0 aliphatic carbocycles. The summed E-state index contributed by atoms with van der Waals surface area (Å²) in [4.78, 5) is 23.6. The lowest BCUT2D eigenvalue weighted by Crippen LogP contribution is -2.43. The van der Waals surface area contributed by atoms with Crippen molar-refractivity contribution in [3.63, 3.8) is 0 Å². The van der Waals surface area contributed by atoms with E-state index in [1.165, 1.54) is 0 Å². The molecule has 0 spiro atoms. The fourth-order valence-electron chi connectivity index (χ4n) is 1.97. The third-order valence-corrected chi connectivity index (χ3v) is 3.58. The van der Waals surface area contributed by atoms with Gasteiger partial charge in [-0.15, -0.1) is 0 Å². The zero-order chi connectivity index (χ0) is 16.8. The number of carbonyl (C=O) groups excluding carboxylic acids is 2. The third-order valence-electron chi connectivity index (χ3n) is 3.09. The Morgan fingerprint density at radius 2 is 1.87 bits per heavy atom. The average Bonchev–Trinajstić information content (AvgIpc) is 2.51. The highest BCUT2D eigenvalue weighted by Gasteiger charge is 2.09. The van der Waals surface area contributed by atoms with E-state index in [0.29, 0.717) is 11.3 Å². The van der Waals surface area contributed by atoms with E-state index in [9.17, 15) is 9.59 Å². The number of hydrogen-bond donors (Lipinski definition) is 2. The summed E-state index contributed by atoms with van der Waals surface area (Å²) in [7, 11) is 0. The zero-order valence-corrected chi connectivity index (χ0v) is 14.4. The van der Waals surface area contributed by atoms with E-state index >= 15 is 0 Å². The van der Waals surface area contributed by atoms with Crippen molar-refractivity contribution >= 4 is 27.7 Å². The van der Waals surface area contributed by atoms with E-state index in [4.69, 9.17) is 4.74 Å². The first-order chi connectivity index (χ1) is 11.0. The molecule has 120 valence electrons. The SMILES string of the molecule is Cc1ccc(OCC(=O)NNC(=O)c2cccc(Br)c2)c(C)c1. The predicted octanol–water partition coefficient (Wildman–Crippen LogP) is 2.91. The standard InChI is InChI=1S/C17H17BrN2O3/c1-11-6-7-15(12(2)8-11)23-10-16(21)19-20-17(22)13-4-3-5-14(18)9-13/h3-9H,10H2,1-2H3,(H,19,21)(H,20,22). The fourth-order valence-corrected chi connectivity index (χ4v) is 2.37. The van der Waals surface area contributed by atoms with Crippen molar-refractivity contribution in [2.24, 2.45) is 0 Å². The minimum atomic E-state index is -0.437. The molecule has 0 aliphatic heterocycles. The van der Waals surface area contributed by atoms with Crippen LogP contribution in [0.3, 0.4) is 0 Å². The Morgan fingerprint density at radius 1 is 1.09 bits per heavy atom. The molecular weight excluding hydrogens is 360 g/mol. The second-order valence-electron chi connectivity index (χ2n) is 5.07. The van der Waals surface area contributed by atoms with E-state index < -0.39 is 11.8 Å². The lowest BCUT2D eigenvalue weighted by molar-refractivity contribution is -0.123. The molecule has 0 atom stereocenters. The Kier molecular flexibility index (Phi) is 5.76. The zero-order valence-electron chi connectivity index (χ0n) is 12.9. The van der Waals surface area contributed by atoms with Crippen molar-refractivity contribution in [3.8, 4) is 5.75 Å². The molecule has 2 amide bonds. The summed E-state index contributed by atoms with van der Waals surface area (Å²) in [6.07, 6.45) is 0. The summed E-state index contributed by atoms with van der Waals surface area (Å²) in [6, 6.07) is 12.6. The summed E-state index contributed by atoms with van der Waals surface area (Å²) >= 11 is 3.29. The summed E-state index contributed by atoms with van der Waals surface area (Å²) in [5.41, 5.74) is 7.19. The number of amides is 2. The fraction of sp³-hybridized carbons (Fsp3) is 0.176. The van der Waals surface area contributed by atoms with Crippen LogP contribution in [0, 0.1) is 13.8 Å². The number of hydrogen-bond acceptors (Lipinski definition) is 3. The molecule has 2 aromatic rings. The predicted molar refractivity (Wildman–Crippen MR) is 91.2 cm³/mol. The largest absolute Gasteiger partial charge is 0.483 e. The van der Waals surface area contributed by atoms with Crippen LogP contribution in [0.4, 0.5) is 0 Å². The quantitative estimate of drug-likeness (QED) is 0.806. The summed E-state index contributed by atoms with van der Waals surface area (Å²) in [5, 5.41) is 0. The minimum absolute atomic E-state index is 0.178. The minimum Gasteiger partial charge on any atom is -0.483 e. The van der Waals surface area contributed by atoms with Crippen molar-refractivity contribution < 1.29 is 14.3 Å². The second-order valence-corrected chi connectivity index (χ2v) is 5.99. The smallest absolute Gasteiger partial charge is 0.276 e. The van der Waals surface area contributed by atoms with Crippen LogP contribution in [0.5, 0.6) is 5.75 Å². The van der Waals surface area contributed by atoms with Crippen LogP contribution in [0.25, 0.3) is 0 Å². The molecule has 0 radical (unpaired) electrons. The normalized spacial score (nSPS) is 10.0. The molecule has 5 nitrogen and oxygen atoms in total. The van der Waals surface area contributed by atoms with Gasteiger partial charge >= 0.3 is 0 Å². The van der Waals surface area contributed by atoms with Gasteiger partial charge in [-0.25, -0.2) is 0 Å². The van der Waals surface area contributed by atoms with Crippen LogP contribution in [-0.4, -0.2) is 18.4 Å². The Bertz CT molecular complexity index is 732. The maximum atomic E-state index is 11.9. The average molecular weight is 377 g/mol. The highest BCUT2D eigenvalue weighted by molar-refractivity contribution is 9.10. The Hall–Kier alpha value is -2.34. The second kappa shape index (κ2) is 7.78. The molecule has 0 aromatic heterocycles. The molecule has 0 fully saturated rings. The van der Waals surface area contributed by atoms with Gasteiger partial charge in [0.15, 0.2) is 6.61 Å². The summed E-state index contributed by atoms with van der Waals surface area (Å²) in [6.45, 7) is 3.72. The van der Waals surface area contributed by atoms with Gasteiger partial charge in [0.1, 0.15) is 5.75 Å². The Balaban J connectivity index is 1.82. The van der Waals surface area contributed by atoms with Crippen LogP contribution in [-0.2, 0) is 4.79 Å². The van der Waals surface area contributed by atoms with E-state index in [-0.39, 0.29) is 6.61 Å². The number of nitrogens with one attached hydrogen (secondary N) is 2. The molecule has 2 N–H and O–H groups in total. The number of aryl methyl sites for hydroxylation is 2.